The Kier molecular flexibility index (Phi) is 5.03. The van der Waals surface area contributed by atoms with Gasteiger partial charge in [0.05, 0.1) is 0 Å². The van der Waals surface area contributed by atoms with Crippen molar-refractivity contribution >= 4 is 24.0 Å². The summed E-state index contributed by atoms with van der Waals surface area (Å²) < 4.78 is 5.86. The van der Waals surface area contributed by atoms with Crippen LogP contribution in [0.4, 0.5) is 5.69 Å². The summed E-state index contributed by atoms with van der Waals surface area (Å²) in [5, 5.41) is 3.06. The van der Waals surface area contributed by atoms with E-state index in [1.807, 2.05) is 18.2 Å². The molecule has 0 unspecified atom stereocenters. The Morgan fingerprint density at radius 2 is 2.18 bits per heavy atom. The Morgan fingerprint density at radius 1 is 1.41 bits per heavy atom. The molecule has 122 valence electrons. The van der Waals surface area contributed by atoms with Crippen LogP contribution in [0.2, 0.25) is 0 Å². The molecule has 1 aromatic rings. The van der Waals surface area contributed by atoms with Gasteiger partial charge in [-0.05, 0) is 57.4 Å². The third kappa shape index (κ3) is 3.39. The lowest BCUT2D eigenvalue weighted by Gasteiger charge is -2.17. The fourth-order valence-corrected chi connectivity index (χ4v) is 3.59. The molecule has 1 saturated carbocycles. The molecule has 3 N–H and O–H groups in total. The van der Waals surface area contributed by atoms with E-state index in [-0.39, 0.29) is 29.8 Å². The molecule has 22 heavy (non-hydrogen) atoms. The van der Waals surface area contributed by atoms with E-state index in [0.29, 0.717) is 12.5 Å². The highest BCUT2D eigenvalue weighted by Crippen LogP contribution is 2.37. The SMILES string of the molecule is CC1(C)Cc2cc(NC(=O)[C@@H]3CCC[C@@H]3CN)ccc2O1.Cl. The molecule has 0 bridgehead atoms. The minimum Gasteiger partial charge on any atom is -0.487 e. The zero-order valence-corrected chi connectivity index (χ0v) is 14.0. The molecule has 1 fully saturated rings. The van der Waals surface area contributed by atoms with Gasteiger partial charge in [0.25, 0.3) is 0 Å². The van der Waals surface area contributed by atoms with Crippen LogP contribution in [-0.2, 0) is 11.2 Å². The number of nitrogens with two attached hydrogens (primary N) is 1. The molecule has 5 heteroatoms. The van der Waals surface area contributed by atoms with Crippen LogP contribution < -0.4 is 15.8 Å². The number of anilines is 1. The third-order valence-corrected chi connectivity index (χ3v) is 4.63. The molecular weight excluding hydrogens is 300 g/mol. The zero-order valence-electron chi connectivity index (χ0n) is 13.2. The first-order chi connectivity index (χ1) is 9.98. The van der Waals surface area contributed by atoms with Crippen LogP contribution in [0.25, 0.3) is 0 Å². The summed E-state index contributed by atoms with van der Waals surface area (Å²) in [6, 6.07) is 5.91. The fourth-order valence-electron chi connectivity index (χ4n) is 3.59. The van der Waals surface area contributed by atoms with Crippen molar-refractivity contribution in [3.8, 4) is 5.75 Å². The predicted molar refractivity (Wildman–Crippen MR) is 90.6 cm³/mol. The first-order valence-electron chi connectivity index (χ1n) is 7.81. The Morgan fingerprint density at radius 3 is 2.91 bits per heavy atom. The quantitative estimate of drug-likeness (QED) is 0.897. The number of ether oxygens (including phenoxy) is 1. The molecule has 0 saturated heterocycles. The van der Waals surface area contributed by atoms with Crippen molar-refractivity contribution in [1.82, 2.24) is 0 Å². The zero-order chi connectivity index (χ0) is 15.0. The van der Waals surface area contributed by atoms with Crippen LogP contribution in [-0.4, -0.2) is 18.1 Å². The minimum absolute atomic E-state index is 0. The molecule has 1 aliphatic heterocycles. The van der Waals surface area contributed by atoms with Gasteiger partial charge in [-0.2, -0.15) is 0 Å². The summed E-state index contributed by atoms with van der Waals surface area (Å²) in [4.78, 5) is 12.4. The maximum Gasteiger partial charge on any atom is 0.227 e. The number of hydrogen-bond acceptors (Lipinski definition) is 3. The second kappa shape index (κ2) is 6.47. The first kappa shape index (κ1) is 17.1. The van der Waals surface area contributed by atoms with Crippen molar-refractivity contribution in [3.05, 3.63) is 23.8 Å². The van der Waals surface area contributed by atoms with Gasteiger partial charge in [-0.15, -0.1) is 12.4 Å². The molecule has 2 aliphatic rings. The van der Waals surface area contributed by atoms with Crippen molar-refractivity contribution in [3.63, 3.8) is 0 Å². The average Bonchev–Trinajstić information content (AvgIpc) is 3.00. The lowest BCUT2D eigenvalue weighted by atomic mass is 9.95. The molecular formula is C17H25ClN2O2. The smallest absolute Gasteiger partial charge is 0.227 e. The standard InChI is InChI=1S/C17H24N2O2.ClH/c1-17(2)9-12-8-13(6-7-15(12)21-17)19-16(20)14-5-3-4-11(14)10-18;/h6-8,11,14H,3-5,9-10,18H2,1-2H3,(H,19,20);1H/t11-,14-;/m1./s1. The van der Waals surface area contributed by atoms with Gasteiger partial charge in [0, 0.05) is 23.6 Å². The molecule has 4 nitrogen and oxygen atoms in total. The predicted octanol–water partition coefficient (Wildman–Crippen LogP) is 3.14. The Balaban J connectivity index is 0.00000176. The van der Waals surface area contributed by atoms with Crippen LogP contribution in [0, 0.1) is 11.8 Å². The van der Waals surface area contributed by atoms with E-state index in [0.717, 1.165) is 37.1 Å². The number of fused-ring (bicyclic) bond motifs is 1. The van der Waals surface area contributed by atoms with E-state index >= 15 is 0 Å². The highest BCUT2D eigenvalue weighted by Gasteiger charge is 2.33. The normalized spacial score (nSPS) is 25.0. The van der Waals surface area contributed by atoms with E-state index in [2.05, 4.69) is 19.2 Å². The first-order valence-corrected chi connectivity index (χ1v) is 7.81. The van der Waals surface area contributed by atoms with Crippen LogP contribution in [0.1, 0.15) is 38.7 Å². The van der Waals surface area contributed by atoms with E-state index in [9.17, 15) is 4.79 Å². The molecule has 3 rings (SSSR count). The van der Waals surface area contributed by atoms with Crippen LogP contribution >= 0.6 is 12.4 Å². The molecule has 1 heterocycles. The van der Waals surface area contributed by atoms with Gasteiger partial charge in [0.1, 0.15) is 11.4 Å². The Bertz CT molecular complexity index is 560. The topological polar surface area (TPSA) is 64.4 Å². The van der Waals surface area contributed by atoms with Crippen LogP contribution in [0.15, 0.2) is 18.2 Å². The molecule has 0 radical (unpaired) electrons. The van der Waals surface area contributed by atoms with Gasteiger partial charge in [0.15, 0.2) is 0 Å². The van der Waals surface area contributed by atoms with Gasteiger partial charge in [-0.25, -0.2) is 0 Å². The van der Waals surface area contributed by atoms with Crippen LogP contribution in [0.3, 0.4) is 0 Å². The number of halogens is 1. The maximum absolute atomic E-state index is 12.4. The summed E-state index contributed by atoms with van der Waals surface area (Å²) in [6.45, 7) is 4.76. The van der Waals surface area contributed by atoms with Gasteiger partial charge in [-0.1, -0.05) is 6.42 Å². The molecule has 0 aromatic heterocycles. The number of carbonyl (C=O) groups excluding carboxylic acids is 1. The number of amides is 1. The summed E-state index contributed by atoms with van der Waals surface area (Å²) in [5.41, 5.74) is 7.64. The monoisotopic (exact) mass is 324 g/mol. The number of carbonyl (C=O) groups is 1. The van der Waals surface area contributed by atoms with Gasteiger partial charge < -0.3 is 15.8 Å². The number of nitrogens with one attached hydrogen (secondary N) is 1. The number of hydrogen-bond donors (Lipinski definition) is 2. The average molecular weight is 325 g/mol. The highest BCUT2D eigenvalue weighted by atomic mass is 35.5. The van der Waals surface area contributed by atoms with E-state index in [4.69, 9.17) is 10.5 Å². The van der Waals surface area contributed by atoms with Crippen molar-refractivity contribution in [2.45, 2.75) is 45.1 Å². The largest absolute Gasteiger partial charge is 0.487 e. The van der Waals surface area contributed by atoms with Crippen molar-refractivity contribution < 1.29 is 9.53 Å². The second-order valence-electron chi connectivity index (χ2n) is 6.88. The molecule has 0 spiro atoms. The molecule has 1 amide bonds. The summed E-state index contributed by atoms with van der Waals surface area (Å²) in [7, 11) is 0. The van der Waals surface area contributed by atoms with Crippen molar-refractivity contribution in [2.75, 3.05) is 11.9 Å². The Labute approximate surface area is 138 Å². The summed E-state index contributed by atoms with van der Waals surface area (Å²) >= 11 is 0. The van der Waals surface area contributed by atoms with E-state index < -0.39 is 0 Å². The Hall–Kier alpha value is -1.26. The fraction of sp³-hybridized carbons (Fsp3) is 0.588. The van der Waals surface area contributed by atoms with Crippen molar-refractivity contribution in [2.24, 2.45) is 17.6 Å². The van der Waals surface area contributed by atoms with Gasteiger partial charge >= 0.3 is 0 Å². The van der Waals surface area contributed by atoms with E-state index in [1.54, 1.807) is 0 Å². The third-order valence-electron chi connectivity index (χ3n) is 4.63. The lowest BCUT2D eigenvalue weighted by molar-refractivity contribution is -0.120. The van der Waals surface area contributed by atoms with Gasteiger partial charge in [0.2, 0.25) is 5.91 Å². The summed E-state index contributed by atoms with van der Waals surface area (Å²) in [5.74, 6) is 1.44. The highest BCUT2D eigenvalue weighted by molar-refractivity contribution is 5.93. The number of rotatable bonds is 3. The van der Waals surface area contributed by atoms with Crippen LogP contribution in [0.5, 0.6) is 5.75 Å². The minimum atomic E-state index is -0.152. The van der Waals surface area contributed by atoms with Crippen molar-refractivity contribution in [1.29, 1.82) is 0 Å². The second-order valence-corrected chi connectivity index (χ2v) is 6.88. The maximum atomic E-state index is 12.4. The molecule has 1 aromatic carbocycles. The van der Waals surface area contributed by atoms with E-state index in [1.165, 1.54) is 5.56 Å². The van der Waals surface area contributed by atoms with Gasteiger partial charge in [-0.3, -0.25) is 4.79 Å². The summed E-state index contributed by atoms with van der Waals surface area (Å²) in [6.07, 6.45) is 4.00. The lowest BCUT2D eigenvalue weighted by Crippen LogP contribution is -2.29. The molecule has 1 aliphatic carbocycles. The molecule has 2 atom stereocenters. The number of benzene rings is 1.